The number of carboxylic acid groups (broad SMARTS) is 1. The Morgan fingerprint density at radius 1 is 1.26 bits per heavy atom. The van der Waals surface area contributed by atoms with Crippen molar-refractivity contribution < 1.29 is 27.9 Å². The van der Waals surface area contributed by atoms with Crippen molar-refractivity contribution in [2.45, 2.75) is 51.2 Å². The molecule has 0 aliphatic heterocycles. The molecule has 1 aromatic carbocycles. The van der Waals surface area contributed by atoms with Crippen molar-refractivity contribution in [3.63, 3.8) is 0 Å². The lowest BCUT2D eigenvalue weighted by Crippen LogP contribution is -2.29. The Labute approximate surface area is 162 Å². The van der Waals surface area contributed by atoms with Crippen LogP contribution in [0.1, 0.15) is 39.2 Å². The van der Waals surface area contributed by atoms with Crippen LogP contribution >= 0.6 is 11.6 Å². The highest BCUT2D eigenvalue weighted by Gasteiger charge is 2.31. The number of aliphatic carboxylic acids is 1. The molecule has 148 valence electrons. The molecule has 2 aromatic rings. The third kappa shape index (κ3) is 4.81. The summed E-state index contributed by atoms with van der Waals surface area (Å²) in [4.78, 5) is 23.5. The lowest BCUT2D eigenvalue weighted by Gasteiger charge is -2.21. The number of benzene rings is 1. The summed E-state index contributed by atoms with van der Waals surface area (Å²) in [7, 11) is -3.94. The van der Waals surface area contributed by atoms with Crippen LogP contribution in [-0.4, -0.2) is 41.5 Å². The summed E-state index contributed by atoms with van der Waals surface area (Å²) < 4.78 is 32.3. The van der Waals surface area contributed by atoms with Gasteiger partial charge >= 0.3 is 12.1 Å². The van der Waals surface area contributed by atoms with Gasteiger partial charge in [0.15, 0.2) is 9.84 Å². The van der Waals surface area contributed by atoms with E-state index < -0.39 is 33.3 Å². The van der Waals surface area contributed by atoms with Gasteiger partial charge in [-0.1, -0.05) is 11.6 Å². The number of carbonyl (C=O) groups is 2. The van der Waals surface area contributed by atoms with Gasteiger partial charge in [-0.3, -0.25) is 4.79 Å². The van der Waals surface area contributed by atoms with Gasteiger partial charge in [-0.25, -0.2) is 17.8 Å². The van der Waals surface area contributed by atoms with E-state index >= 15 is 0 Å². The van der Waals surface area contributed by atoms with E-state index in [1.54, 1.807) is 45.9 Å². The van der Waals surface area contributed by atoms with Crippen molar-refractivity contribution in [1.82, 2.24) is 4.57 Å². The van der Waals surface area contributed by atoms with Gasteiger partial charge < -0.3 is 9.84 Å². The molecule has 0 atom stereocenters. The number of hydrogen-bond donors (Lipinski definition) is 1. The molecule has 0 aliphatic rings. The van der Waals surface area contributed by atoms with Crippen LogP contribution in [0.15, 0.2) is 23.2 Å². The van der Waals surface area contributed by atoms with Gasteiger partial charge in [0.2, 0.25) is 0 Å². The zero-order valence-corrected chi connectivity index (χ0v) is 17.1. The number of fused-ring (bicyclic) bond motifs is 1. The zero-order chi connectivity index (χ0) is 20.6. The molecule has 0 radical (unpaired) electrons. The highest BCUT2D eigenvalue weighted by molar-refractivity contribution is 7.91. The SMILES string of the molecule is Cc1c(S(=O)(=O)CCCC(=O)O)n(C(=O)OC(C)(C)C)c2ccc(Cl)cc12. The van der Waals surface area contributed by atoms with Gasteiger partial charge in [0.05, 0.1) is 11.3 Å². The third-order valence-corrected chi connectivity index (χ3v) is 5.94. The number of carbonyl (C=O) groups excluding carboxylic acids is 1. The smallest absolute Gasteiger partial charge is 0.420 e. The van der Waals surface area contributed by atoms with E-state index in [9.17, 15) is 18.0 Å². The summed E-state index contributed by atoms with van der Waals surface area (Å²) in [6.45, 7) is 6.63. The molecule has 7 nitrogen and oxygen atoms in total. The standard InChI is InChI=1S/C18H22ClNO6S/c1-11-13-10-12(19)7-8-14(13)20(17(23)26-18(2,3)4)16(11)27(24,25)9-5-6-15(21)22/h7-8,10H,5-6,9H2,1-4H3,(H,21,22). The first-order valence-electron chi connectivity index (χ1n) is 8.32. The van der Waals surface area contributed by atoms with Crippen LogP contribution in [0.25, 0.3) is 10.9 Å². The van der Waals surface area contributed by atoms with Crippen molar-refractivity contribution in [2.75, 3.05) is 5.75 Å². The fraction of sp³-hybridized carbons (Fsp3) is 0.444. The van der Waals surface area contributed by atoms with Gasteiger partial charge in [-0.15, -0.1) is 0 Å². The molecule has 0 saturated carbocycles. The monoisotopic (exact) mass is 415 g/mol. The molecule has 0 saturated heterocycles. The molecule has 1 aromatic heterocycles. The van der Waals surface area contributed by atoms with Crippen molar-refractivity contribution in [3.8, 4) is 0 Å². The van der Waals surface area contributed by atoms with Crippen LogP contribution < -0.4 is 0 Å². The molecule has 0 amide bonds. The van der Waals surface area contributed by atoms with Crippen LogP contribution in [0.5, 0.6) is 0 Å². The average molecular weight is 416 g/mol. The van der Waals surface area contributed by atoms with E-state index in [4.69, 9.17) is 21.4 Å². The minimum absolute atomic E-state index is 0.0618. The predicted octanol–water partition coefficient (Wildman–Crippen LogP) is 4.02. The van der Waals surface area contributed by atoms with Crippen molar-refractivity contribution in [1.29, 1.82) is 0 Å². The number of sulfone groups is 1. The second-order valence-corrected chi connectivity index (χ2v) is 9.68. The number of halogens is 1. The maximum Gasteiger partial charge on any atom is 0.420 e. The van der Waals surface area contributed by atoms with E-state index in [0.29, 0.717) is 21.5 Å². The van der Waals surface area contributed by atoms with Gasteiger partial charge in [-0.05, 0) is 57.9 Å². The van der Waals surface area contributed by atoms with Crippen molar-refractivity contribution in [3.05, 3.63) is 28.8 Å². The highest BCUT2D eigenvalue weighted by Crippen LogP contribution is 2.32. The molecule has 0 bridgehead atoms. The molecular formula is C18H22ClNO6S. The fourth-order valence-corrected chi connectivity index (χ4v) is 4.68. The summed E-state index contributed by atoms with van der Waals surface area (Å²) in [5, 5.41) is 9.49. The Morgan fingerprint density at radius 2 is 1.89 bits per heavy atom. The molecule has 2 rings (SSSR count). The van der Waals surface area contributed by atoms with Gasteiger partial charge in [0, 0.05) is 16.8 Å². The lowest BCUT2D eigenvalue weighted by molar-refractivity contribution is -0.137. The quantitative estimate of drug-likeness (QED) is 0.790. The van der Waals surface area contributed by atoms with Crippen LogP contribution in [0.2, 0.25) is 5.02 Å². The van der Waals surface area contributed by atoms with Crippen LogP contribution in [0, 0.1) is 6.92 Å². The largest absolute Gasteiger partial charge is 0.481 e. The van der Waals surface area contributed by atoms with E-state index in [0.717, 1.165) is 4.57 Å². The minimum atomic E-state index is -3.94. The number of hydrogen-bond acceptors (Lipinski definition) is 5. The van der Waals surface area contributed by atoms with E-state index in [-0.39, 0.29) is 17.9 Å². The van der Waals surface area contributed by atoms with E-state index in [2.05, 4.69) is 0 Å². The highest BCUT2D eigenvalue weighted by atomic mass is 35.5. The van der Waals surface area contributed by atoms with Gasteiger partial charge in [-0.2, -0.15) is 0 Å². The van der Waals surface area contributed by atoms with E-state index in [1.165, 1.54) is 0 Å². The predicted molar refractivity (Wildman–Crippen MR) is 102 cm³/mol. The Kier molecular flexibility index (Phi) is 5.91. The number of nitrogens with zero attached hydrogens (tertiary/aromatic N) is 1. The number of aromatic nitrogens is 1. The van der Waals surface area contributed by atoms with Crippen LogP contribution in [0.4, 0.5) is 4.79 Å². The Balaban J connectivity index is 2.66. The molecule has 1 N–H and O–H groups in total. The van der Waals surface area contributed by atoms with E-state index in [1.807, 2.05) is 0 Å². The van der Waals surface area contributed by atoms with Crippen LogP contribution in [0.3, 0.4) is 0 Å². The minimum Gasteiger partial charge on any atom is -0.481 e. The molecule has 0 spiro atoms. The number of carboxylic acids is 1. The first-order valence-corrected chi connectivity index (χ1v) is 10.3. The second kappa shape index (κ2) is 7.52. The first-order chi connectivity index (χ1) is 12.3. The molecule has 0 unspecified atom stereocenters. The topological polar surface area (TPSA) is 103 Å². The molecular weight excluding hydrogens is 394 g/mol. The summed E-state index contributed by atoms with van der Waals surface area (Å²) >= 11 is 6.03. The Hall–Kier alpha value is -2.06. The fourth-order valence-electron chi connectivity index (χ4n) is 2.77. The van der Waals surface area contributed by atoms with Gasteiger partial charge in [0.1, 0.15) is 10.6 Å². The summed E-state index contributed by atoms with van der Waals surface area (Å²) in [6, 6.07) is 4.71. The molecule has 1 heterocycles. The Bertz CT molecular complexity index is 1000. The van der Waals surface area contributed by atoms with Crippen molar-refractivity contribution >= 4 is 44.4 Å². The summed E-state index contributed by atoms with van der Waals surface area (Å²) in [5.74, 6) is -1.48. The summed E-state index contributed by atoms with van der Waals surface area (Å²) in [6.07, 6.45) is -1.16. The maximum atomic E-state index is 12.9. The molecule has 27 heavy (non-hydrogen) atoms. The first kappa shape index (κ1) is 21.2. The number of ether oxygens (including phenoxy) is 1. The second-order valence-electron chi connectivity index (χ2n) is 7.22. The third-order valence-electron chi connectivity index (χ3n) is 3.80. The zero-order valence-electron chi connectivity index (χ0n) is 15.6. The van der Waals surface area contributed by atoms with Crippen molar-refractivity contribution in [2.24, 2.45) is 0 Å². The average Bonchev–Trinajstić information content (AvgIpc) is 2.78. The maximum absolute atomic E-state index is 12.9. The lowest BCUT2D eigenvalue weighted by atomic mass is 10.2. The molecule has 9 heteroatoms. The normalized spacial score (nSPS) is 12.3. The molecule has 0 fully saturated rings. The molecule has 0 aliphatic carbocycles. The Morgan fingerprint density at radius 3 is 2.44 bits per heavy atom. The van der Waals surface area contributed by atoms with Gasteiger partial charge in [0.25, 0.3) is 0 Å². The number of aryl methyl sites for hydroxylation is 1. The summed E-state index contributed by atoms with van der Waals surface area (Å²) in [5.41, 5.74) is -0.0881. The van der Waals surface area contributed by atoms with Crippen LogP contribution in [-0.2, 0) is 19.4 Å². The number of rotatable bonds is 5.